The van der Waals surface area contributed by atoms with Crippen LogP contribution in [0.3, 0.4) is 0 Å². The zero-order valence-corrected chi connectivity index (χ0v) is 17.0. The highest BCUT2D eigenvalue weighted by molar-refractivity contribution is 7.22. The molecule has 0 fully saturated rings. The summed E-state index contributed by atoms with van der Waals surface area (Å²) in [5, 5.41) is 3.31. The van der Waals surface area contributed by atoms with Crippen LogP contribution in [0.25, 0.3) is 10.2 Å². The number of halogens is 1. The number of anilines is 1. The predicted molar refractivity (Wildman–Crippen MR) is 112 cm³/mol. The maximum atomic E-state index is 13.1. The quantitative estimate of drug-likeness (QED) is 0.431. The number of carbonyl (C=O) groups is 1. The number of imidazole rings is 1. The summed E-state index contributed by atoms with van der Waals surface area (Å²) < 4.78 is 3.00. The van der Waals surface area contributed by atoms with E-state index >= 15 is 0 Å². The highest BCUT2D eigenvalue weighted by Crippen LogP contribution is 2.34. The first-order chi connectivity index (χ1) is 13.1. The van der Waals surface area contributed by atoms with Crippen LogP contribution in [0, 0.1) is 6.92 Å². The molecule has 1 amide bonds. The molecule has 4 aromatic rings. The summed E-state index contributed by atoms with van der Waals surface area (Å²) in [7, 11) is 0. The second kappa shape index (κ2) is 7.80. The fourth-order valence-electron chi connectivity index (χ4n) is 2.91. The number of carbonyl (C=O) groups excluding carboxylic acids is 1. The number of hydrogen-bond acceptors (Lipinski definition) is 5. The molecule has 0 atom stereocenters. The Balaban J connectivity index is 1.64. The van der Waals surface area contributed by atoms with Gasteiger partial charge in [0.2, 0.25) is 0 Å². The molecule has 3 aromatic heterocycles. The molecule has 0 bridgehead atoms. The van der Waals surface area contributed by atoms with E-state index in [1.54, 1.807) is 17.4 Å². The summed E-state index contributed by atoms with van der Waals surface area (Å²) in [6, 6.07) is 7.55. The minimum atomic E-state index is -0.0153. The Bertz CT molecular complexity index is 1060. The molecule has 5 nitrogen and oxygen atoms in total. The van der Waals surface area contributed by atoms with E-state index in [0.717, 1.165) is 28.7 Å². The molecule has 4 rings (SSSR count). The molecule has 8 heteroatoms. The number of aryl methyl sites for hydroxylation is 2. The van der Waals surface area contributed by atoms with Gasteiger partial charge in [-0.25, -0.2) is 9.97 Å². The molecule has 27 heavy (non-hydrogen) atoms. The van der Waals surface area contributed by atoms with Gasteiger partial charge < -0.3 is 4.57 Å². The third-order valence-corrected chi connectivity index (χ3v) is 6.31. The molecule has 3 heterocycles. The Morgan fingerprint density at radius 1 is 1.37 bits per heavy atom. The van der Waals surface area contributed by atoms with Crippen LogP contribution in [-0.2, 0) is 6.54 Å². The van der Waals surface area contributed by atoms with E-state index in [1.165, 1.54) is 22.7 Å². The predicted octanol–water partition coefficient (Wildman–Crippen LogP) is 5.25. The van der Waals surface area contributed by atoms with Gasteiger partial charge in [-0.1, -0.05) is 29.0 Å². The Morgan fingerprint density at radius 2 is 2.26 bits per heavy atom. The summed E-state index contributed by atoms with van der Waals surface area (Å²) in [4.78, 5) is 24.4. The van der Waals surface area contributed by atoms with Crippen LogP contribution in [-0.4, -0.2) is 27.0 Å². The Morgan fingerprint density at radius 3 is 3.00 bits per heavy atom. The average Bonchev–Trinajstić information content (AvgIpc) is 3.38. The molecular weight excluding hydrogens is 400 g/mol. The molecule has 138 valence electrons. The smallest absolute Gasteiger partial charge is 0.270 e. The average molecular weight is 417 g/mol. The van der Waals surface area contributed by atoms with E-state index in [9.17, 15) is 4.79 Å². The maximum absolute atomic E-state index is 13.1. The van der Waals surface area contributed by atoms with Gasteiger partial charge >= 0.3 is 0 Å². The molecule has 0 unspecified atom stereocenters. The SMILES string of the molecule is Cc1cc(Cl)cc2sc(N(CCCn3ccnc3)C(=O)c3cccs3)nc12. The third kappa shape index (κ3) is 3.90. The van der Waals surface area contributed by atoms with Gasteiger partial charge in [0.1, 0.15) is 0 Å². The number of nitrogens with zero attached hydrogens (tertiary/aromatic N) is 4. The number of amides is 1. The van der Waals surface area contributed by atoms with E-state index in [0.29, 0.717) is 21.6 Å². The maximum Gasteiger partial charge on any atom is 0.270 e. The molecule has 0 aliphatic carbocycles. The Hall–Kier alpha value is -2.22. The van der Waals surface area contributed by atoms with Crippen LogP contribution in [0.15, 0.2) is 48.4 Å². The van der Waals surface area contributed by atoms with Gasteiger partial charge in [-0.15, -0.1) is 11.3 Å². The van der Waals surface area contributed by atoms with Crippen molar-refractivity contribution in [1.82, 2.24) is 14.5 Å². The molecule has 0 saturated heterocycles. The Kier molecular flexibility index (Phi) is 5.24. The van der Waals surface area contributed by atoms with Crippen molar-refractivity contribution in [3.8, 4) is 0 Å². The second-order valence-electron chi connectivity index (χ2n) is 6.15. The van der Waals surface area contributed by atoms with E-state index < -0.39 is 0 Å². The highest BCUT2D eigenvalue weighted by Gasteiger charge is 2.22. The number of benzene rings is 1. The van der Waals surface area contributed by atoms with Crippen molar-refractivity contribution < 1.29 is 4.79 Å². The first-order valence-electron chi connectivity index (χ1n) is 8.49. The molecule has 0 spiro atoms. The number of aromatic nitrogens is 3. The van der Waals surface area contributed by atoms with Crippen LogP contribution in [0.2, 0.25) is 5.02 Å². The van der Waals surface area contributed by atoms with Gasteiger partial charge in [-0.05, 0) is 42.5 Å². The fourth-order valence-corrected chi connectivity index (χ4v) is 5.02. The minimum absolute atomic E-state index is 0.0153. The third-order valence-electron chi connectivity index (χ3n) is 4.20. The topological polar surface area (TPSA) is 51.0 Å². The van der Waals surface area contributed by atoms with Crippen molar-refractivity contribution in [2.24, 2.45) is 0 Å². The van der Waals surface area contributed by atoms with Crippen molar-refractivity contribution in [3.05, 3.63) is 63.8 Å². The van der Waals surface area contributed by atoms with E-state index in [1.807, 2.05) is 47.3 Å². The number of thiazole rings is 1. The van der Waals surface area contributed by atoms with Crippen LogP contribution in [0.5, 0.6) is 0 Å². The van der Waals surface area contributed by atoms with Crippen molar-refractivity contribution in [2.75, 3.05) is 11.4 Å². The molecule has 0 N–H and O–H groups in total. The van der Waals surface area contributed by atoms with Crippen molar-refractivity contribution in [1.29, 1.82) is 0 Å². The Labute approximate surface area is 169 Å². The number of fused-ring (bicyclic) bond motifs is 1. The van der Waals surface area contributed by atoms with Gasteiger partial charge in [0.15, 0.2) is 5.13 Å². The summed E-state index contributed by atoms with van der Waals surface area (Å²) in [5.41, 5.74) is 1.92. The fraction of sp³-hybridized carbons (Fsp3) is 0.211. The van der Waals surface area contributed by atoms with Crippen LogP contribution >= 0.6 is 34.3 Å². The first kappa shape index (κ1) is 18.2. The van der Waals surface area contributed by atoms with Gasteiger partial charge in [-0.3, -0.25) is 9.69 Å². The molecule has 0 saturated carbocycles. The molecule has 0 aliphatic rings. The molecule has 1 aromatic carbocycles. The van der Waals surface area contributed by atoms with Gasteiger partial charge in [0.25, 0.3) is 5.91 Å². The molecular formula is C19H17ClN4OS2. The van der Waals surface area contributed by atoms with E-state index in [-0.39, 0.29) is 5.91 Å². The van der Waals surface area contributed by atoms with Crippen LogP contribution in [0.1, 0.15) is 21.7 Å². The van der Waals surface area contributed by atoms with Gasteiger partial charge in [-0.2, -0.15) is 0 Å². The lowest BCUT2D eigenvalue weighted by molar-refractivity contribution is 0.0990. The van der Waals surface area contributed by atoms with Crippen molar-refractivity contribution in [2.45, 2.75) is 19.9 Å². The number of thiophene rings is 1. The largest absolute Gasteiger partial charge is 0.337 e. The molecule has 0 aliphatic heterocycles. The first-order valence-corrected chi connectivity index (χ1v) is 10.6. The van der Waals surface area contributed by atoms with Crippen LogP contribution < -0.4 is 4.90 Å². The second-order valence-corrected chi connectivity index (χ2v) is 8.55. The highest BCUT2D eigenvalue weighted by atomic mass is 35.5. The normalized spacial score (nSPS) is 11.2. The zero-order chi connectivity index (χ0) is 18.8. The summed E-state index contributed by atoms with van der Waals surface area (Å²) >= 11 is 9.14. The zero-order valence-electron chi connectivity index (χ0n) is 14.6. The van der Waals surface area contributed by atoms with Crippen molar-refractivity contribution >= 4 is 55.5 Å². The summed E-state index contributed by atoms with van der Waals surface area (Å²) in [6.07, 6.45) is 6.28. The lowest BCUT2D eigenvalue weighted by Crippen LogP contribution is -2.31. The van der Waals surface area contributed by atoms with E-state index in [2.05, 4.69) is 4.98 Å². The number of hydrogen-bond donors (Lipinski definition) is 0. The summed E-state index contributed by atoms with van der Waals surface area (Å²) in [6.45, 7) is 3.37. The monoisotopic (exact) mass is 416 g/mol. The minimum Gasteiger partial charge on any atom is -0.337 e. The van der Waals surface area contributed by atoms with Gasteiger partial charge in [0.05, 0.1) is 21.4 Å². The standard InChI is InChI=1S/C19H17ClN4OS2/c1-13-10-14(20)11-16-17(13)22-19(27-16)24(18(25)15-4-2-9-26-15)7-3-6-23-8-5-21-12-23/h2,4-5,8-12H,3,6-7H2,1H3. The van der Waals surface area contributed by atoms with Crippen molar-refractivity contribution in [3.63, 3.8) is 0 Å². The number of rotatable bonds is 6. The lowest BCUT2D eigenvalue weighted by atomic mass is 10.2. The lowest BCUT2D eigenvalue weighted by Gasteiger charge is -2.19. The van der Waals surface area contributed by atoms with Crippen LogP contribution in [0.4, 0.5) is 5.13 Å². The molecule has 0 radical (unpaired) electrons. The summed E-state index contributed by atoms with van der Waals surface area (Å²) in [5.74, 6) is -0.0153. The van der Waals surface area contributed by atoms with E-state index in [4.69, 9.17) is 16.6 Å². The van der Waals surface area contributed by atoms with Gasteiger partial charge in [0, 0.05) is 30.5 Å².